The number of nitrogens with two attached hydrogens (primary N) is 1. The van der Waals surface area contributed by atoms with Crippen molar-refractivity contribution < 1.29 is 4.79 Å². The van der Waals surface area contributed by atoms with Crippen molar-refractivity contribution in [3.63, 3.8) is 0 Å². The molecule has 2 aliphatic rings. The number of amides is 1. The van der Waals surface area contributed by atoms with Crippen LogP contribution in [0.25, 0.3) is 0 Å². The third-order valence-corrected chi connectivity index (χ3v) is 3.73. The molecular formula is C13H23N3O. The number of carbonyl (C=O) groups excluding carboxylic acids is 1. The van der Waals surface area contributed by atoms with E-state index in [4.69, 9.17) is 5.73 Å². The van der Waals surface area contributed by atoms with E-state index in [0.717, 1.165) is 30.9 Å². The van der Waals surface area contributed by atoms with E-state index in [2.05, 4.69) is 32.7 Å². The molecule has 96 valence electrons. The predicted octanol–water partition coefficient (Wildman–Crippen LogP) is 1.14. The van der Waals surface area contributed by atoms with Gasteiger partial charge in [-0.1, -0.05) is 20.8 Å². The van der Waals surface area contributed by atoms with E-state index in [9.17, 15) is 4.79 Å². The Morgan fingerprint density at radius 3 is 2.53 bits per heavy atom. The van der Waals surface area contributed by atoms with Gasteiger partial charge in [-0.05, 0) is 17.4 Å². The van der Waals surface area contributed by atoms with E-state index in [1.165, 1.54) is 0 Å². The highest BCUT2D eigenvalue weighted by Crippen LogP contribution is 2.35. The van der Waals surface area contributed by atoms with Crippen LogP contribution in [-0.4, -0.2) is 41.9 Å². The molecule has 2 rings (SSSR count). The molecule has 0 saturated carbocycles. The lowest BCUT2D eigenvalue weighted by atomic mass is 9.82. The first-order valence-corrected chi connectivity index (χ1v) is 6.32. The summed E-state index contributed by atoms with van der Waals surface area (Å²) >= 11 is 0. The first kappa shape index (κ1) is 12.4. The highest BCUT2D eigenvalue weighted by atomic mass is 16.2. The van der Waals surface area contributed by atoms with Gasteiger partial charge < -0.3 is 10.6 Å². The molecule has 2 aliphatic heterocycles. The van der Waals surface area contributed by atoms with Gasteiger partial charge in [0.2, 0.25) is 5.91 Å². The van der Waals surface area contributed by atoms with Crippen LogP contribution in [0.1, 0.15) is 33.6 Å². The van der Waals surface area contributed by atoms with Crippen LogP contribution in [0.5, 0.6) is 0 Å². The Labute approximate surface area is 103 Å². The molecule has 0 radical (unpaired) electrons. The van der Waals surface area contributed by atoms with E-state index >= 15 is 0 Å². The van der Waals surface area contributed by atoms with Crippen molar-refractivity contribution in [3.8, 4) is 0 Å². The van der Waals surface area contributed by atoms with Crippen LogP contribution in [-0.2, 0) is 4.79 Å². The van der Waals surface area contributed by atoms with E-state index in [1.807, 2.05) is 4.90 Å². The van der Waals surface area contributed by atoms with Crippen LogP contribution in [0, 0.1) is 5.41 Å². The molecular weight excluding hydrogens is 214 g/mol. The van der Waals surface area contributed by atoms with Crippen LogP contribution in [0.15, 0.2) is 11.4 Å². The SMILES string of the molecule is CN1CCCN2C(=O)CC(C(N)C(C)(C)C)=C12. The van der Waals surface area contributed by atoms with Crippen LogP contribution < -0.4 is 5.73 Å². The average molecular weight is 237 g/mol. The van der Waals surface area contributed by atoms with Gasteiger partial charge in [-0.15, -0.1) is 0 Å². The van der Waals surface area contributed by atoms with Gasteiger partial charge in [0.05, 0.1) is 6.42 Å². The molecule has 1 saturated heterocycles. The van der Waals surface area contributed by atoms with E-state index in [1.54, 1.807) is 0 Å². The fraction of sp³-hybridized carbons (Fsp3) is 0.769. The predicted molar refractivity (Wildman–Crippen MR) is 68.0 cm³/mol. The molecule has 0 spiro atoms. The number of carbonyl (C=O) groups is 1. The Morgan fingerprint density at radius 1 is 1.29 bits per heavy atom. The number of hydrogen-bond acceptors (Lipinski definition) is 3. The van der Waals surface area contributed by atoms with Crippen molar-refractivity contribution in [3.05, 3.63) is 11.4 Å². The normalized spacial score (nSPS) is 23.2. The zero-order chi connectivity index (χ0) is 12.8. The Kier molecular flexibility index (Phi) is 2.94. The maximum Gasteiger partial charge on any atom is 0.232 e. The summed E-state index contributed by atoms with van der Waals surface area (Å²) in [7, 11) is 2.05. The van der Waals surface area contributed by atoms with Gasteiger partial charge in [-0.25, -0.2) is 0 Å². The molecule has 0 aromatic heterocycles. The van der Waals surface area contributed by atoms with E-state index < -0.39 is 0 Å². The van der Waals surface area contributed by atoms with Crippen molar-refractivity contribution >= 4 is 5.91 Å². The van der Waals surface area contributed by atoms with Gasteiger partial charge in [0.15, 0.2) is 0 Å². The lowest BCUT2D eigenvalue weighted by molar-refractivity contribution is -0.128. The van der Waals surface area contributed by atoms with Crippen LogP contribution in [0.3, 0.4) is 0 Å². The second-order valence-electron chi connectivity index (χ2n) is 6.19. The molecule has 1 unspecified atom stereocenters. The standard InChI is InChI=1S/C13H23N3O/c1-13(2,3)11(14)9-8-10(17)16-7-5-6-15(4)12(9)16/h11H,5-8,14H2,1-4H3. The van der Waals surface area contributed by atoms with Gasteiger partial charge >= 0.3 is 0 Å². The highest BCUT2D eigenvalue weighted by Gasteiger charge is 2.39. The fourth-order valence-corrected chi connectivity index (χ4v) is 2.65. The zero-order valence-electron chi connectivity index (χ0n) is 11.3. The summed E-state index contributed by atoms with van der Waals surface area (Å²) in [5, 5.41) is 0. The summed E-state index contributed by atoms with van der Waals surface area (Å²) in [4.78, 5) is 16.1. The molecule has 4 nitrogen and oxygen atoms in total. The topological polar surface area (TPSA) is 49.6 Å². The molecule has 1 amide bonds. The first-order chi connectivity index (χ1) is 7.82. The third-order valence-electron chi connectivity index (χ3n) is 3.73. The summed E-state index contributed by atoms with van der Waals surface area (Å²) in [6, 6.07) is -0.0491. The summed E-state index contributed by atoms with van der Waals surface area (Å²) in [5.74, 6) is 1.28. The van der Waals surface area contributed by atoms with Gasteiger partial charge in [-0.3, -0.25) is 9.69 Å². The number of hydrogen-bond donors (Lipinski definition) is 1. The Morgan fingerprint density at radius 2 is 1.94 bits per heavy atom. The number of fused-ring (bicyclic) bond motifs is 1. The number of rotatable bonds is 1. The van der Waals surface area contributed by atoms with Gasteiger partial charge in [0.25, 0.3) is 0 Å². The zero-order valence-corrected chi connectivity index (χ0v) is 11.3. The Balaban J connectivity index is 2.37. The summed E-state index contributed by atoms with van der Waals surface area (Å²) < 4.78 is 0. The van der Waals surface area contributed by atoms with Gasteiger partial charge in [-0.2, -0.15) is 0 Å². The van der Waals surface area contributed by atoms with E-state index in [-0.39, 0.29) is 17.4 Å². The smallest absolute Gasteiger partial charge is 0.232 e. The Hall–Kier alpha value is -1.03. The number of nitrogens with zero attached hydrogens (tertiary/aromatic N) is 2. The monoisotopic (exact) mass is 237 g/mol. The maximum atomic E-state index is 12.0. The summed E-state index contributed by atoms with van der Waals surface area (Å²) in [6.45, 7) is 8.24. The molecule has 0 aromatic carbocycles. The average Bonchev–Trinajstić information content (AvgIpc) is 2.55. The molecule has 1 fully saturated rings. The molecule has 4 heteroatoms. The molecule has 0 aromatic rings. The lowest BCUT2D eigenvalue weighted by Crippen LogP contribution is -2.42. The molecule has 2 heterocycles. The van der Waals surface area contributed by atoms with Crippen molar-refractivity contribution in [1.29, 1.82) is 0 Å². The van der Waals surface area contributed by atoms with Crippen LogP contribution in [0.2, 0.25) is 0 Å². The molecule has 17 heavy (non-hydrogen) atoms. The molecule has 2 N–H and O–H groups in total. The minimum Gasteiger partial charge on any atom is -0.361 e. The fourth-order valence-electron chi connectivity index (χ4n) is 2.65. The van der Waals surface area contributed by atoms with Crippen molar-refractivity contribution in [2.75, 3.05) is 20.1 Å². The molecule has 0 aliphatic carbocycles. The second kappa shape index (κ2) is 4.02. The minimum absolute atomic E-state index is 0.00307. The quantitative estimate of drug-likeness (QED) is 0.744. The maximum absolute atomic E-state index is 12.0. The minimum atomic E-state index is -0.0491. The molecule has 1 atom stereocenters. The Bertz CT molecular complexity index is 367. The third kappa shape index (κ3) is 2.06. The lowest BCUT2D eigenvalue weighted by Gasteiger charge is -2.36. The van der Waals surface area contributed by atoms with Crippen molar-refractivity contribution in [2.45, 2.75) is 39.7 Å². The second-order valence-corrected chi connectivity index (χ2v) is 6.19. The van der Waals surface area contributed by atoms with Gasteiger partial charge in [0.1, 0.15) is 5.82 Å². The first-order valence-electron chi connectivity index (χ1n) is 6.32. The van der Waals surface area contributed by atoms with Crippen molar-refractivity contribution in [1.82, 2.24) is 9.80 Å². The van der Waals surface area contributed by atoms with Crippen LogP contribution >= 0.6 is 0 Å². The summed E-state index contributed by atoms with van der Waals surface area (Å²) in [5.41, 5.74) is 7.44. The van der Waals surface area contributed by atoms with Crippen molar-refractivity contribution in [2.24, 2.45) is 11.1 Å². The largest absolute Gasteiger partial charge is 0.361 e. The molecule has 0 bridgehead atoms. The summed E-state index contributed by atoms with van der Waals surface area (Å²) in [6.07, 6.45) is 1.54. The highest BCUT2D eigenvalue weighted by molar-refractivity contribution is 5.84. The van der Waals surface area contributed by atoms with Crippen LogP contribution in [0.4, 0.5) is 0 Å². The van der Waals surface area contributed by atoms with E-state index in [0.29, 0.717) is 6.42 Å². The van der Waals surface area contributed by atoms with Gasteiger partial charge in [0, 0.05) is 26.2 Å².